The van der Waals surface area contributed by atoms with Crippen LogP contribution in [0.4, 0.5) is 0 Å². The van der Waals surface area contributed by atoms with Crippen molar-refractivity contribution in [2.24, 2.45) is 0 Å². The van der Waals surface area contributed by atoms with E-state index >= 15 is 0 Å². The van der Waals surface area contributed by atoms with E-state index in [1.54, 1.807) is 11.8 Å². The normalized spacial score (nSPS) is 27.3. The predicted molar refractivity (Wildman–Crippen MR) is 75.3 cm³/mol. The average Bonchev–Trinajstić information content (AvgIpc) is 3.15. The minimum absolute atomic E-state index is 0.114. The van der Waals surface area contributed by atoms with Crippen LogP contribution in [0.1, 0.15) is 26.2 Å². The van der Waals surface area contributed by atoms with Crippen molar-refractivity contribution < 1.29 is 19.1 Å². The molecule has 3 atom stereocenters. The van der Waals surface area contributed by atoms with E-state index in [1.807, 2.05) is 0 Å². The standard InChI is InChI=1S/C14H20N4O4/c1-2-22-14(21)12(19)17-9-6-11(16-8-9)13(20)18-5-3-4-10(18)7-15/h9-11,16H,2-6,8H2,1H3,(H,17,19)/t9-,10-,11-/m0/s1. The number of carbonyl (C=O) groups excluding carboxylic acids is 3. The van der Waals surface area contributed by atoms with Crippen LogP contribution in [0.15, 0.2) is 0 Å². The molecule has 0 aromatic heterocycles. The summed E-state index contributed by atoms with van der Waals surface area (Å²) in [6, 6.07) is 1.05. The van der Waals surface area contributed by atoms with Crippen LogP contribution in [0.2, 0.25) is 0 Å². The number of esters is 1. The van der Waals surface area contributed by atoms with Gasteiger partial charge in [-0.15, -0.1) is 0 Å². The lowest BCUT2D eigenvalue weighted by Crippen LogP contribution is -2.45. The zero-order chi connectivity index (χ0) is 16.1. The molecule has 22 heavy (non-hydrogen) atoms. The van der Waals surface area contributed by atoms with Crippen LogP contribution in [0.5, 0.6) is 0 Å². The Morgan fingerprint density at radius 3 is 2.91 bits per heavy atom. The molecule has 0 saturated carbocycles. The van der Waals surface area contributed by atoms with E-state index in [4.69, 9.17) is 5.26 Å². The third-order valence-electron chi connectivity index (χ3n) is 3.91. The van der Waals surface area contributed by atoms with Crippen molar-refractivity contribution >= 4 is 17.8 Å². The highest BCUT2D eigenvalue weighted by Crippen LogP contribution is 2.20. The summed E-state index contributed by atoms with van der Waals surface area (Å²) in [5.41, 5.74) is 0. The Labute approximate surface area is 128 Å². The van der Waals surface area contributed by atoms with Gasteiger partial charge in [-0.2, -0.15) is 5.26 Å². The second kappa shape index (κ2) is 7.22. The molecule has 0 aromatic carbocycles. The lowest BCUT2D eigenvalue weighted by molar-refractivity contribution is -0.154. The number of carbonyl (C=O) groups is 3. The summed E-state index contributed by atoms with van der Waals surface area (Å²) in [4.78, 5) is 36.8. The third kappa shape index (κ3) is 3.54. The lowest BCUT2D eigenvalue weighted by Gasteiger charge is -2.23. The molecule has 2 N–H and O–H groups in total. The van der Waals surface area contributed by atoms with Crippen molar-refractivity contribution in [1.29, 1.82) is 5.26 Å². The maximum absolute atomic E-state index is 12.4. The second-order valence-corrected chi connectivity index (χ2v) is 5.41. The van der Waals surface area contributed by atoms with Crippen molar-refractivity contribution in [3.63, 3.8) is 0 Å². The number of nitriles is 1. The molecule has 2 amide bonds. The fourth-order valence-electron chi connectivity index (χ4n) is 2.84. The van der Waals surface area contributed by atoms with Crippen LogP contribution in [0.25, 0.3) is 0 Å². The number of nitrogens with one attached hydrogen (secondary N) is 2. The zero-order valence-electron chi connectivity index (χ0n) is 12.5. The van der Waals surface area contributed by atoms with Gasteiger partial charge in [-0.25, -0.2) is 4.79 Å². The van der Waals surface area contributed by atoms with Gasteiger partial charge in [0.2, 0.25) is 5.91 Å². The van der Waals surface area contributed by atoms with Gasteiger partial charge in [0.25, 0.3) is 0 Å². The Bertz CT molecular complexity index is 502. The van der Waals surface area contributed by atoms with E-state index in [1.165, 1.54) is 0 Å². The van der Waals surface area contributed by atoms with E-state index in [9.17, 15) is 14.4 Å². The highest BCUT2D eigenvalue weighted by atomic mass is 16.5. The van der Waals surface area contributed by atoms with Crippen molar-refractivity contribution in [2.75, 3.05) is 19.7 Å². The monoisotopic (exact) mass is 308 g/mol. The summed E-state index contributed by atoms with van der Waals surface area (Å²) in [7, 11) is 0. The van der Waals surface area contributed by atoms with Crippen LogP contribution in [0, 0.1) is 11.3 Å². The van der Waals surface area contributed by atoms with Gasteiger partial charge in [0, 0.05) is 19.1 Å². The average molecular weight is 308 g/mol. The molecule has 0 radical (unpaired) electrons. The zero-order valence-corrected chi connectivity index (χ0v) is 12.5. The summed E-state index contributed by atoms with van der Waals surface area (Å²) >= 11 is 0. The molecule has 2 heterocycles. The Morgan fingerprint density at radius 2 is 2.23 bits per heavy atom. The number of nitrogens with zero attached hydrogens (tertiary/aromatic N) is 2. The van der Waals surface area contributed by atoms with Crippen LogP contribution < -0.4 is 10.6 Å². The van der Waals surface area contributed by atoms with Crippen LogP contribution in [-0.4, -0.2) is 60.5 Å². The molecule has 0 spiro atoms. The quantitative estimate of drug-likeness (QED) is 0.506. The first kappa shape index (κ1) is 16.2. The summed E-state index contributed by atoms with van der Waals surface area (Å²) in [6.45, 7) is 2.77. The topological polar surface area (TPSA) is 112 Å². The van der Waals surface area contributed by atoms with Crippen molar-refractivity contribution in [1.82, 2.24) is 15.5 Å². The first-order chi connectivity index (χ1) is 10.6. The fourth-order valence-corrected chi connectivity index (χ4v) is 2.84. The molecule has 8 nitrogen and oxygen atoms in total. The fraction of sp³-hybridized carbons (Fsp3) is 0.714. The maximum atomic E-state index is 12.4. The third-order valence-corrected chi connectivity index (χ3v) is 3.91. The van der Waals surface area contributed by atoms with Gasteiger partial charge < -0.3 is 20.3 Å². The molecule has 0 aliphatic carbocycles. The van der Waals surface area contributed by atoms with E-state index in [2.05, 4.69) is 21.4 Å². The predicted octanol–water partition coefficient (Wildman–Crippen LogP) is -1.09. The second-order valence-electron chi connectivity index (χ2n) is 5.41. The Hall–Kier alpha value is -2.14. The van der Waals surface area contributed by atoms with Crippen LogP contribution >= 0.6 is 0 Å². The van der Waals surface area contributed by atoms with Gasteiger partial charge in [0.15, 0.2) is 0 Å². The number of ether oxygens (including phenoxy) is 1. The van der Waals surface area contributed by atoms with E-state index < -0.39 is 17.9 Å². The van der Waals surface area contributed by atoms with E-state index in [0.29, 0.717) is 25.9 Å². The van der Waals surface area contributed by atoms with Gasteiger partial charge in [-0.05, 0) is 26.2 Å². The molecular formula is C14H20N4O4. The SMILES string of the molecule is CCOC(=O)C(=O)N[C@@H]1CN[C@H](C(=O)N2CCC[C@H]2C#N)C1. The minimum atomic E-state index is -0.915. The number of rotatable bonds is 3. The summed E-state index contributed by atoms with van der Waals surface area (Å²) in [5.74, 6) is -1.82. The molecule has 0 aromatic rings. The largest absolute Gasteiger partial charge is 0.459 e. The van der Waals surface area contributed by atoms with Gasteiger partial charge in [0.05, 0.1) is 18.7 Å². The van der Waals surface area contributed by atoms with Gasteiger partial charge >= 0.3 is 11.9 Å². The molecule has 2 fully saturated rings. The first-order valence-corrected chi connectivity index (χ1v) is 7.48. The minimum Gasteiger partial charge on any atom is -0.459 e. The number of hydrogen-bond donors (Lipinski definition) is 2. The van der Waals surface area contributed by atoms with Crippen LogP contribution in [-0.2, 0) is 19.1 Å². The molecule has 0 unspecified atom stereocenters. The highest BCUT2D eigenvalue weighted by Gasteiger charge is 2.37. The Morgan fingerprint density at radius 1 is 1.45 bits per heavy atom. The molecule has 0 bridgehead atoms. The number of hydrogen-bond acceptors (Lipinski definition) is 6. The Balaban J connectivity index is 1.85. The molecule has 2 aliphatic heterocycles. The van der Waals surface area contributed by atoms with Gasteiger partial charge in [0.1, 0.15) is 6.04 Å². The molecule has 2 saturated heterocycles. The van der Waals surface area contributed by atoms with Crippen molar-refractivity contribution in [2.45, 2.75) is 44.3 Å². The smallest absolute Gasteiger partial charge is 0.396 e. The molecular weight excluding hydrogens is 288 g/mol. The van der Waals surface area contributed by atoms with Gasteiger partial charge in [-0.1, -0.05) is 0 Å². The van der Waals surface area contributed by atoms with Crippen molar-refractivity contribution in [3.8, 4) is 6.07 Å². The van der Waals surface area contributed by atoms with E-state index in [0.717, 1.165) is 6.42 Å². The number of amides is 2. The molecule has 2 rings (SSSR count). The van der Waals surface area contributed by atoms with Crippen LogP contribution in [0.3, 0.4) is 0 Å². The van der Waals surface area contributed by atoms with Crippen molar-refractivity contribution in [3.05, 3.63) is 0 Å². The molecule has 8 heteroatoms. The molecule has 120 valence electrons. The summed E-state index contributed by atoms with van der Waals surface area (Å²) < 4.78 is 4.62. The number of likely N-dealkylation sites (tertiary alicyclic amines) is 1. The molecule has 2 aliphatic rings. The maximum Gasteiger partial charge on any atom is 0.396 e. The summed E-state index contributed by atoms with van der Waals surface area (Å²) in [5, 5.41) is 14.6. The highest BCUT2D eigenvalue weighted by molar-refractivity contribution is 6.32. The summed E-state index contributed by atoms with van der Waals surface area (Å²) in [6.07, 6.45) is 1.94. The first-order valence-electron chi connectivity index (χ1n) is 7.48. The van der Waals surface area contributed by atoms with E-state index in [-0.39, 0.29) is 24.6 Å². The van der Waals surface area contributed by atoms with Gasteiger partial charge in [-0.3, -0.25) is 9.59 Å². The lowest BCUT2D eigenvalue weighted by atomic mass is 10.1. The Kier molecular flexibility index (Phi) is 5.33.